The highest BCUT2D eigenvalue weighted by Gasteiger charge is 2.42. The molecule has 31 heteroatoms. The minimum absolute atomic E-state index is 0.0198. The van der Waals surface area contributed by atoms with Crippen LogP contribution in [-0.4, -0.2) is 213 Å². The molecule has 0 radical (unpaired) electrons. The zero-order chi connectivity index (χ0) is 64.9. The van der Waals surface area contributed by atoms with Gasteiger partial charge in [-0.3, -0.25) is 71.9 Å². The Hall–Kier alpha value is -8.25. The number of unbranched alkanes of at least 4 members (excludes halogenated alkanes) is 7. The average molecular weight is 1230 g/mol. The third kappa shape index (κ3) is 26.1. The highest BCUT2D eigenvalue weighted by Crippen LogP contribution is 2.22. The highest BCUT2D eigenvalue weighted by molar-refractivity contribution is 6.00. The Labute approximate surface area is 504 Å². The quantitative estimate of drug-likeness (QED) is 0.0378. The smallest absolute Gasteiger partial charge is 0.305 e. The van der Waals surface area contributed by atoms with Crippen molar-refractivity contribution < 1.29 is 92.3 Å². The van der Waals surface area contributed by atoms with Crippen molar-refractivity contribution in [2.24, 2.45) is 11.8 Å². The number of piperidine rings is 1. The number of rotatable bonds is 22. The predicted molar refractivity (Wildman–Crippen MR) is 307 cm³/mol. The van der Waals surface area contributed by atoms with Crippen molar-refractivity contribution in [2.45, 2.75) is 198 Å². The van der Waals surface area contributed by atoms with Gasteiger partial charge in [0, 0.05) is 19.6 Å². The lowest BCUT2D eigenvalue weighted by Gasteiger charge is -2.37. The predicted octanol–water partition coefficient (Wildman–Crippen LogP) is -3.07. The summed E-state index contributed by atoms with van der Waals surface area (Å²) in [4.78, 5) is 202. The Bertz CT molecular complexity index is 2510. The van der Waals surface area contributed by atoms with E-state index in [4.69, 9.17) is 0 Å². The van der Waals surface area contributed by atoms with E-state index in [2.05, 4.69) is 67.0 Å². The van der Waals surface area contributed by atoms with E-state index in [0.717, 1.165) is 54.9 Å². The number of fused-ring (bicyclic) bond motifs is 2. The number of nitrogens with one attached hydrogen (secondary N) is 10. The van der Waals surface area contributed by atoms with Gasteiger partial charge in [0.1, 0.15) is 48.3 Å². The second kappa shape index (κ2) is 37.3. The summed E-state index contributed by atoms with van der Waals surface area (Å²) < 4.78 is 0. The number of carbonyl (C=O) groups is 15. The summed E-state index contributed by atoms with van der Waals surface area (Å²) in [5.41, 5.74) is 0. The van der Waals surface area contributed by atoms with Crippen LogP contribution in [0, 0.1) is 11.8 Å². The van der Waals surface area contributed by atoms with E-state index in [1.54, 1.807) is 19.9 Å². The molecule has 0 saturated carbocycles. The molecule has 0 spiro atoms. The van der Waals surface area contributed by atoms with Crippen molar-refractivity contribution in [3.8, 4) is 0 Å². The van der Waals surface area contributed by atoms with Crippen molar-refractivity contribution in [2.75, 3.05) is 39.3 Å². The normalized spacial score (nSPS) is 23.9. The van der Waals surface area contributed by atoms with Crippen molar-refractivity contribution >= 4 is 88.8 Å². The number of hydrogen-bond acceptors (Lipinski definition) is 16. The van der Waals surface area contributed by atoms with Crippen molar-refractivity contribution in [1.82, 2.24) is 63.0 Å². The van der Waals surface area contributed by atoms with Crippen molar-refractivity contribution in [1.29, 1.82) is 0 Å². The number of carbonyl (C=O) groups excluding carboxylic acids is 12. The number of amides is 12. The van der Waals surface area contributed by atoms with Crippen LogP contribution in [0.5, 0.6) is 0 Å². The van der Waals surface area contributed by atoms with Gasteiger partial charge in [-0.05, 0) is 69.8 Å². The van der Waals surface area contributed by atoms with Gasteiger partial charge < -0.3 is 83.4 Å². The van der Waals surface area contributed by atoms with Crippen LogP contribution in [0.15, 0.2) is 12.2 Å². The summed E-state index contributed by atoms with van der Waals surface area (Å²) in [6, 6.07) is -13.2. The molecule has 9 unspecified atom stereocenters. The number of aliphatic hydroxyl groups excluding tert-OH is 1. The van der Waals surface area contributed by atoms with Gasteiger partial charge in [-0.25, -0.2) is 0 Å². The van der Waals surface area contributed by atoms with E-state index in [1.165, 1.54) is 19.3 Å². The maximum Gasteiger partial charge on any atom is 0.305 e. The molecule has 0 aromatic heterocycles. The van der Waals surface area contributed by atoms with Gasteiger partial charge in [-0.2, -0.15) is 0 Å². The van der Waals surface area contributed by atoms with Crippen LogP contribution in [0.25, 0.3) is 0 Å². The molecule has 0 aromatic carbocycles. The number of nitrogens with zero attached hydrogens (tertiary/aromatic N) is 2. The van der Waals surface area contributed by atoms with E-state index < -0.39 is 195 Å². The molecule has 0 aliphatic carbocycles. The second-order valence-corrected chi connectivity index (χ2v) is 22.7. The number of carboxylic acid groups (broad SMARTS) is 3. The molecule has 3 fully saturated rings. The fourth-order valence-electron chi connectivity index (χ4n) is 9.95. The van der Waals surface area contributed by atoms with Gasteiger partial charge >= 0.3 is 17.9 Å². The molecule has 3 aliphatic heterocycles. The van der Waals surface area contributed by atoms with Crippen molar-refractivity contribution in [3.63, 3.8) is 0 Å². The lowest BCUT2D eigenvalue weighted by atomic mass is 9.99. The Morgan fingerprint density at radius 1 is 0.563 bits per heavy atom. The van der Waals surface area contributed by atoms with Gasteiger partial charge in [0.25, 0.3) is 0 Å². The first kappa shape index (κ1) is 73.0. The molecule has 9 atom stereocenters. The summed E-state index contributed by atoms with van der Waals surface area (Å²) in [6.45, 7) is 4.84. The number of aliphatic hydroxyl groups is 1. The Morgan fingerprint density at radius 2 is 1.06 bits per heavy atom. The minimum atomic E-state index is -1.90. The third-order valence-corrected chi connectivity index (χ3v) is 14.6. The molecule has 3 saturated heterocycles. The number of allylic oxidation sites excluding steroid dienone is 1. The Balaban J connectivity index is 2.00. The molecule has 486 valence electrons. The summed E-state index contributed by atoms with van der Waals surface area (Å²) in [5, 5.41) is 62.2. The molecule has 87 heavy (non-hydrogen) atoms. The first-order chi connectivity index (χ1) is 41.1. The first-order valence-corrected chi connectivity index (χ1v) is 29.6. The molecule has 0 bridgehead atoms. The van der Waals surface area contributed by atoms with Gasteiger partial charge in [-0.1, -0.05) is 78.7 Å². The highest BCUT2D eigenvalue weighted by atomic mass is 16.4. The van der Waals surface area contributed by atoms with Crippen LogP contribution in [0.3, 0.4) is 0 Å². The third-order valence-electron chi connectivity index (χ3n) is 14.6. The first-order valence-electron chi connectivity index (χ1n) is 29.6. The molecular weight excluding hydrogens is 1140 g/mol. The molecule has 0 aromatic rings. The maximum atomic E-state index is 14.8. The van der Waals surface area contributed by atoms with E-state index in [0.29, 0.717) is 25.2 Å². The molecule has 3 rings (SSSR count). The fraction of sp³-hybridized carbons (Fsp3) is 0.696. The summed E-state index contributed by atoms with van der Waals surface area (Å²) in [6.07, 6.45) is 7.98. The van der Waals surface area contributed by atoms with Crippen LogP contribution >= 0.6 is 0 Å². The van der Waals surface area contributed by atoms with Crippen LogP contribution in [0.1, 0.15) is 144 Å². The van der Waals surface area contributed by atoms with Crippen LogP contribution in [0.4, 0.5) is 0 Å². The maximum absolute atomic E-state index is 14.8. The van der Waals surface area contributed by atoms with E-state index in [1.807, 2.05) is 0 Å². The summed E-state index contributed by atoms with van der Waals surface area (Å²) >= 11 is 0. The van der Waals surface area contributed by atoms with Crippen LogP contribution < -0.4 is 53.2 Å². The largest absolute Gasteiger partial charge is 0.481 e. The molecule has 31 nitrogen and oxygen atoms in total. The van der Waals surface area contributed by atoms with Crippen LogP contribution in [-0.2, 0) is 71.9 Å². The molecule has 12 amide bonds. The average Bonchev–Trinajstić information content (AvgIpc) is 3.48. The summed E-state index contributed by atoms with van der Waals surface area (Å²) in [5.74, 6) is -17.3. The lowest BCUT2D eigenvalue weighted by Crippen LogP contribution is -2.63. The van der Waals surface area contributed by atoms with E-state index in [9.17, 15) is 92.3 Å². The zero-order valence-electron chi connectivity index (χ0n) is 50.1. The van der Waals surface area contributed by atoms with E-state index in [-0.39, 0.29) is 32.4 Å². The van der Waals surface area contributed by atoms with Gasteiger partial charge in [0.05, 0.1) is 45.0 Å². The Kier molecular flexibility index (Phi) is 31.3. The van der Waals surface area contributed by atoms with Gasteiger partial charge in [0.2, 0.25) is 70.9 Å². The lowest BCUT2D eigenvalue weighted by molar-refractivity contribution is -0.146. The van der Waals surface area contributed by atoms with Crippen LogP contribution in [0.2, 0.25) is 0 Å². The standard InChI is InChI=1S/C56H88N12O19/c1-31(2)18-13-11-9-7-6-8-10-12-14-21-40(70)61-36(26-46(78)79)51(82)64-37-27-57-52(83)39-20-17-23-68(39)56(87)47(32(3)4)66-54(85)48(33(5)69)65-43(73)30-59-50(81)35(25-45(76)77)62-41(71)28-58-49(80)34(24-44(74)75)63-42(72)29-60-53(84)38-19-15-16-22-67(38)55(37)86/h14,21,31-39,47-48,69H,6-13,15-20,22-30H2,1-5H3,(H,57,83)(H,58,80)(H,59,81)(H,60,84)(H,61,70)(H,62,71)(H,63,72)(H,64,82)(H,65,73)(H,66,85)(H,74,75)(H,76,77)(H,78,79). The Morgan fingerprint density at radius 3 is 1.59 bits per heavy atom. The monoisotopic (exact) mass is 1230 g/mol. The number of carboxylic acids is 3. The molecular formula is C56H88N12O19. The molecule has 3 aliphatic rings. The number of hydrogen-bond donors (Lipinski definition) is 14. The summed E-state index contributed by atoms with van der Waals surface area (Å²) in [7, 11) is 0. The number of aliphatic carboxylic acids is 3. The SMILES string of the molecule is CC(C)CCCCCCCCCC=CC(=O)NC(CC(=O)O)C(=O)NC1CNC(=O)C2CCCN2C(=O)C(C(C)C)NC(=O)C(C(C)O)NC(=O)CNC(=O)C(CC(=O)O)NC(=O)CNC(=O)C(CC(=O)O)NC(=O)CNC(=O)C2CCCCN2C1=O. The fourth-order valence-corrected chi connectivity index (χ4v) is 9.95. The van der Waals surface area contributed by atoms with E-state index >= 15 is 0 Å². The second-order valence-electron chi connectivity index (χ2n) is 22.7. The molecule has 14 N–H and O–H groups in total. The van der Waals surface area contributed by atoms with Gasteiger partial charge in [-0.15, -0.1) is 0 Å². The topological polar surface area (TPSA) is 464 Å². The van der Waals surface area contributed by atoms with Crippen molar-refractivity contribution in [3.05, 3.63) is 12.2 Å². The van der Waals surface area contributed by atoms with Gasteiger partial charge in [0.15, 0.2) is 0 Å². The molecule has 3 heterocycles. The minimum Gasteiger partial charge on any atom is -0.481 e. The zero-order valence-corrected chi connectivity index (χ0v) is 50.1.